The van der Waals surface area contributed by atoms with E-state index in [2.05, 4.69) is 15.4 Å². The molecule has 1 atom stereocenters. The normalized spacial score (nSPS) is 15.5. The molecule has 0 radical (unpaired) electrons. The number of likely N-dealkylation sites (N-methyl/N-ethyl adjacent to an activating group) is 1. The largest absolute Gasteiger partial charge is 0.357 e. The van der Waals surface area contributed by atoms with Gasteiger partial charge in [-0.2, -0.15) is 0 Å². The van der Waals surface area contributed by atoms with E-state index in [4.69, 9.17) is 0 Å². The number of carbonyl (C=O) groups excluding carboxylic acids is 2. The quantitative estimate of drug-likeness (QED) is 0.599. The van der Waals surface area contributed by atoms with Crippen molar-refractivity contribution in [2.75, 3.05) is 13.6 Å². The molecular weight excluding hydrogens is 354 g/mol. The smallest absolute Gasteiger partial charge is 0.251 e. The maximum Gasteiger partial charge on any atom is 0.251 e. The zero-order valence-electron chi connectivity index (χ0n) is 15.4. The Balaban J connectivity index is 2.11. The third-order valence-electron chi connectivity index (χ3n) is 4.24. The SMILES string of the molecule is CNC(=O)C(CC(C)C)NC(=O)c1cccc(S(=O)(=O)NCC2CC2)c1. The van der Waals surface area contributed by atoms with Gasteiger partial charge in [0.05, 0.1) is 4.90 Å². The summed E-state index contributed by atoms with van der Waals surface area (Å²) in [5.41, 5.74) is 0.206. The summed E-state index contributed by atoms with van der Waals surface area (Å²) in [6, 6.07) is 5.18. The van der Waals surface area contributed by atoms with Gasteiger partial charge in [0.25, 0.3) is 5.91 Å². The van der Waals surface area contributed by atoms with E-state index < -0.39 is 22.0 Å². The van der Waals surface area contributed by atoms with Crippen molar-refractivity contribution < 1.29 is 18.0 Å². The molecule has 26 heavy (non-hydrogen) atoms. The van der Waals surface area contributed by atoms with Crippen LogP contribution in [-0.2, 0) is 14.8 Å². The van der Waals surface area contributed by atoms with Crippen LogP contribution in [0.25, 0.3) is 0 Å². The van der Waals surface area contributed by atoms with Gasteiger partial charge in [-0.3, -0.25) is 9.59 Å². The second kappa shape index (κ2) is 8.64. The number of benzene rings is 1. The fraction of sp³-hybridized carbons (Fsp3) is 0.556. The first kappa shape index (κ1) is 20.4. The highest BCUT2D eigenvalue weighted by atomic mass is 32.2. The Morgan fingerprint density at radius 1 is 1.23 bits per heavy atom. The summed E-state index contributed by atoms with van der Waals surface area (Å²) in [4.78, 5) is 24.5. The second-order valence-corrected chi connectivity index (χ2v) is 8.86. The molecule has 1 unspecified atom stereocenters. The van der Waals surface area contributed by atoms with E-state index in [1.807, 2.05) is 13.8 Å². The van der Waals surface area contributed by atoms with Crippen LogP contribution in [0.4, 0.5) is 0 Å². The molecule has 1 saturated carbocycles. The Bertz CT molecular complexity index is 757. The average molecular weight is 381 g/mol. The van der Waals surface area contributed by atoms with Gasteiger partial charge in [0.15, 0.2) is 0 Å². The highest BCUT2D eigenvalue weighted by Gasteiger charge is 2.25. The van der Waals surface area contributed by atoms with Crippen LogP contribution >= 0.6 is 0 Å². The van der Waals surface area contributed by atoms with Crippen molar-refractivity contribution in [3.63, 3.8) is 0 Å². The number of nitrogens with one attached hydrogen (secondary N) is 3. The van der Waals surface area contributed by atoms with Crippen LogP contribution in [0, 0.1) is 11.8 Å². The van der Waals surface area contributed by atoms with Crippen molar-refractivity contribution in [1.29, 1.82) is 0 Å². The van der Waals surface area contributed by atoms with Crippen molar-refractivity contribution in [3.05, 3.63) is 29.8 Å². The fourth-order valence-corrected chi connectivity index (χ4v) is 3.72. The molecule has 1 aromatic rings. The molecule has 1 aliphatic rings. The Morgan fingerprint density at radius 2 is 1.92 bits per heavy atom. The lowest BCUT2D eigenvalue weighted by atomic mass is 10.0. The summed E-state index contributed by atoms with van der Waals surface area (Å²) in [7, 11) is -2.13. The molecule has 0 spiro atoms. The first-order valence-electron chi connectivity index (χ1n) is 8.85. The molecule has 3 N–H and O–H groups in total. The third-order valence-corrected chi connectivity index (χ3v) is 5.66. The number of hydrogen-bond acceptors (Lipinski definition) is 4. The van der Waals surface area contributed by atoms with Crippen LogP contribution < -0.4 is 15.4 Å². The molecule has 1 fully saturated rings. The van der Waals surface area contributed by atoms with Gasteiger partial charge >= 0.3 is 0 Å². The molecule has 2 amide bonds. The summed E-state index contributed by atoms with van der Waals surface area (Å²) in [5, 5.41) is 5.22. The van der Waals surface area contributed by atoms with Gasteiger partial charge in [-0.25, -0.2) is 13.1 Å². The number of sulfonamides is 1. The van der Waals surface area contributed by atoms with Crippen molar-refractivity contribution >= 4 is 21.8 Å². The fourth-order valence-electron chi connectivity index (χ4n) is 2.56. The predicted octanol–water partition coefficient (Wildman–Crippen LogP) is 1.27. The Hall–Kier alpha value is -1.93. The zero-order valence-corrected chi connectivity index (χ0v) is 16.2. The van der Waals surface area contributed by atoms with Crippen LogP contribution in [0.3, 0.4) is 0 Å². The van der Waals surface area contributed by atoms with Gasteiger partial charge in [-0.15, -0.1) is 0 Å². The van der Waals surface area contributed by atoms with E-state index in [1.54, 1.807) is 0 Å². The van der Waals surface area contributed by atoms with Crippen molar-refractivity contribution in [1.82, 2.24) is 15.4 Å². The highest BCUT2D eigenvalue weighted by molar-refractivity contribution is 7.89. The molecule has 0 aliphatic heterocycles. The maximum atomic E-state index is 12.5. The van der Waals surface area contributed by atoms with Crippen molar-refractivity contribution in [2.45, 2.75) is 44.0 Å². The lowest BCUT2D eigenvalue weighted by molar-refractivity contribution is -0.122. The third kappa shape index (κ3) is 5.81. The molecule has 0 heterocycles. The standard InChI is InChI=1S/C18H27N3O4S/c1-12(2)9-16(18(23)19-3)21-17(22)14-5-4-6-15(10-14)26(24,25)20-11-13-7-8-13/h4-6,10,12-13,16,20H,7-9,11H2,1-3H3,(H,19,23)(H,21,22). The number of carbonyl (C=O) groups is 2. The van der Waals surface area contributed by atoms with Gasteiger partial charge < -0.3 is 10.6 Å². The monoisotopic (exact) mass is 381 g/mol. The average Bonchev–Trinajstić information content (AvgIpc) is 3.43. The Kier molecular flexibility index (Phi) is 6.77. The summed E-state index contributed by atoms with van der Waals surface area (Å²) in [6.07, 6.45) is 2.58. The molecule has 2 rings (SSSR count). The highest BCUT2D eigenvalue weighted by Crippen LogP contribution is 2.28. The van der Waals surface area contributed by atoms with E-state index in [9.17, 15) is 18.0 Å². The van der Waals surface area contributed by atoms with Crippen LogP contribution in [0.15, 0.2) is 29.2 Å². The molecule has 8 heteroatoms. The minimum absolute atomic E-state index is 0.0474. The molecule has 1 aromatic carbocycles. The van der Waals surface area contributed by atoms with Crippen molar-refractivity contribution in [2.24, 2.45) is 11.8 Å². The lowest BCUT2D eigenvalue weighted by Crippen LogP contribution is -2.46. The van der Waals surface area contributed by atoms with Gasteiger partial charge in [0.1, 0.15) is 6.04 Å². The number of rotatable bonds is 9. The van der Waals surface area contributed by atoms with E-state index in [0.717, 1.165) is 12.8 Å². The Morgan fingerprint density at radius 3 is 2.50 bits per heavy atom. The molecular formula is C18H27N3O4S. The van der Waals surface area contributed by atoms with Crippen LogP contribution in [-0.4, -0.2) is 39.9 Å². The second-order valence-electron chi connectivity index (χ2n) is 7.09. The minimum atomic E-state index is -3.65. The van der Waals surface area contributed by atoms with Crippen LogP contribution in [0.5, 0.6) is 0 Å². The summed E-state index contributed by atoms with van der Waals surface area (Å²) < 4.78 is 27.3. The summed E-state index contributed by atoms with van der Waals surface area (Å²) in [6.45, 7) is 4.34. The first-order valence-corrected chi connectivity index (χ1v) is 10.3. The molecule has 0 saturated heterocycles. The maximum absolute atomic E-state index is 12.5. The van der Waals surface area contributed by atoms with Gasteiger partial charge in [-0.05, 0) is 49.3 Å². The lowest BCUT2D eigenvalue weighted by Gasteiger charge is -2.19. The topological polar surface area (TPSA) is 104 Å². The van der Waals surface area contributed by atoms with Gasteiger partial charge in [0, 0.05) is 19.2 Å². The summed E-state index contributed by atoms with van der Waals surface area (Å²) >= 11 is 0. The number of amides is 2. The van der Waals surface area contributed by atoms with E-state index in [-0.39, 0.29) is 22.3 Å². The van der Waals surface area contributed by atoms with E-state index >= 15 is 0 Å². The molecule has 1 aliphatic carbocycles. The molecule has 7 nitrogen and oxygen atoms in total. The van der Waals surface area contributed by atoms with Crippen molar-refractivity contribution in [3.8, 4) is 0 Å². The number of hydrogen-bond donors (Lipinski definition) is 3. The van der Waals surface area contributed by atoms with Crippen LogP contribution in [0.1, 0.15) is 43.5 Å². The van der Waals surface area contributed by atoms with E-state index in [0.29, 0.717) is 18.9 Å². The molecule has 0 bridgehead atoms. The first-order chi connectivity index (χ1) is 12.2. The van der Waals surface area contributed by atoms with Gasteiger partial charge in [-0.1, -0.05) is 19.9 Å². The van der Waals surface area contributed by atoms with Gasteiger partial charge in [0.2, 0.25) is 15.9 Å². The van der Waals surface area contributed by atoms with E-state index in [1.165, 1.54) is 31.3 Å². The van der Waals surface area contributed by atoms with Crippen LogP contribution in [0.2, 0.25) is 0 Å². The molecule has 144 valence electrons. The predicted molar refractivity (Wildman–Crippen MR) is 99.1 cm³/mol. The summed E-state index contributed by atoms with van der Waals surface area (Å²) in [5.74, 6) is -0.114. The minimum Gasteiger partial charge on any atom is -0.357 e. The molecule has 0 aromatic heterocycles. The Labute approximate surface area is 155 Å². The zero-order chi connectivity index (χ0) is 19.3.